The molecule has 0 spiro atoms. The van der Waals surface area contributed by atoms with Crippen LogP contribution in [-0.4, -0.2) is 40.5 Å². The van der Waals surface area contributed by atoms with Crippen LogP contribution in [0, 0.1) is 0 Å². The van der Waals surface area contributed by atoms with E-state index in [9.17, 15) is 0 Å². The van der Waals surface area contributed by atoms with Gasteiger partial charge in [0.25, 0.3) is 0 Å². The Bertz CT molecular complexity index is 666. The molecule has 4 heteroatoms. The van der Waals surface area contributed by atoms with Gasteiger partial charge < -0.3 is 19.1 Å². The van der Waals surface area contributed by atoms with E-state index in [0.717, 1.165) is 48.9 Å². The number of anilines is 1. The number of benzene rings is 2. The summed E-state index contributed by atoms with van der Waals surface area (Å²) in [6.45, 7) is 3.52. The zero-order valence-corrected chi connectivity index (χ0v) is 14.2. The molecule has 0 aliphatic carbocycles. The minimum atomic E-state index is 0.789. The Kier molecular flexibility index (Phi) is 5.39. The molecule has 0 aromatic heterocycles. The van der Waals surface area contributed by atoms with Gasteiger partial charge in [-0.05, 0) is 35.4 Å². The van der Waals surface area contributed by atoms with Crippen molar-refractivity contribution in [2.45, 2.75) is 0 Å². The van der Waals surface area contributed by atoms with Gasteiger partial charge in [-0.25, -0.2) is 0 Å². The molecule has 1 heterocycles. The van der Waals surface area contributed by atoms with E-state index >= 15 is 0 Å². The number of hydrogen-bond acceptors (Lipinski definition) is 4. The Morgan fingerprint density at radius 2 is 1.42 bits per heavy atom. The van der Waals surface area contributed by atoms with Crippen LogP contribution >= 0.6 is 0 Å². The number of hydrogen-bond donors (Lipinski definition) is 0. The summed E-state index contributed by atoms with van der Waals surface area (Å²) in [7, 11) is 3.32. The van der Waals surface area contributed by atoms with E-state index in [-0.39, 0.29) is 0 Å². The molecule has 0 radical (unpaired) electrons. The molecule has 0 atom stereocenters. The van der Waals surface area contributed by atoms with Crippen LogP contribution in [0.4, 0.5) is 5.69 Å². The first-order chi connectivity index (χ1) is 11.8. The molecule has 3 rings (SSSR count). The Labute approximate surface area is 143 Å². The van der Waals surface area contributed by atoms with Gasteiger partial charge in [0.1, 0.15) is 11.5 Å². The first-order valence-corrected chi connectivity index (χ1v) is 8.12. The number of rotatable bonds is 5. The van der Waals surface area contributed by atoms with E-state index in [1.165, 1.54) is 5.69 Å². The number of morpholine rings is 1. The van der Waals surface area contributed by atoms with Crippen molar-refractivity contribution in [1.82, 2.24) is 0 Å². The highest BCUT2D eigenvalue weighted by Crippen LogP contribution is 2.24. The summed E-state index contributed by atoms with van der Waals surface area (Å²) in [6.07, 6.45) is 4.16. The fraction of sp³-hybridized carbons (Fsp3) is 0.300. The fourth-order valence-electron chi connectivity index (χ4n) is 2.74. The molecule has 0 N–H and O–H groups in total. The highest BCUT2D eigenvalue weighted by atomic mass is 16.5. The van der Waals surface area contributed by atoms with Crippen molar-refractivity contribution in [3.63, 3.8) is 0 Å². The minimum Gasteiger partial charge on any atom is -0.497 e. The molecule has 0 amide bonds. The SMILES string of the molecule is COc1cc(/C=C/c2ccc(N3CCOCC3)cc2)cc(OC)c1. The fourth-order valence-corrected chi connectivity index (χ4v) is 2.74. The van der Waals surface area contributed by atoms with Gasteiger partial charge in [-0.3, -0.25) is 0 Å². The van der Waals surface area contributed by atoms with Crippen LogP contribution in [0.2, 0.25) is 0 Å². The van der Waals surface area contributed by atoms with E-state index in [0.29, 0.717) is 0 Å². The molecular weight excluding hydrogens is 302 g/mol. The second kappa shape index (κ2) is 7.88. The Hall–Kier alpha value is -2.46. The van der Waals surface area contributed by atoms with Crippen LogP contribution < -0.4 is 14.4 Å². The van der Waals surface area contributed by atoms with E-state index in [1.54, 1.807) is 14.2 Å². The van der Waals surface area contributed by atoms with Crippen LogP contribution in [0.15, 0.2) is 42.5 Å². The normalized spacial score (nSPS) is 14.8. The summed E-state index contributed by atoms with van der Waals surface area (Å²) in [6, 6.07) is 14.4. The summed E-state index contributed by atoms with van der Waals surface area (Å²) in [5, 5.41) is 0. The Morgan fingerprint density at radius 3 is 2.00 bits per heavy atom. The van der Waals surface area contributed by atoms with Crippen LogP contribution in [0.1, 0.15) is 11.1 Å². The molecule has 1 fully saturated rings. The number of methoxy groups -OCH3 is 2. The third-order valence-corrected chi connectivity index (χ3v) is 4.11. The van der Waals surface area contributed by atoms with Gasteiger partial charge in [-0.2, -0.15) is 0 Å². The molecule has 126 valence electrons. The van der Waals surface area contributed by atoms with E-state index < -0.39 is 0 Å². The highest BCUT2D eigenvalue weighted by molar-refractivity contribution is 5.71. The minimum absolute atomic E-state index is 0.789. The van der Waals surface area contributed by atoms with Gasteiger partial charge in [0.05, 0.1) is 27.4 Å². The van der Waals surface area contributed by atoms with Crippen molar-refractivity contribution >= 4 is 17.8 Å². The Morgan fingerprint density at radius 1 is 0.833 bits per heavy atom. The monoisotopic (exact) mass is 325 g/mol. The van der Waals surface area contributed by atoms with Gasteiger partial charge in [-0.1, -0.05) is 24.3 Å². The maximum Gasteiger partial charge on any atom is 0.123 e. The summed E-state index contributed by atoms with van der Waals surface area (Å²) in [5.41, 5.74) is 3.45. The van der Waals surface area contributed by atoms with Gasteiger partial charge >= 0.3 is 0 Å². The van der Waals surface area contributed by atoms with Crippen molar-refractivity contribution in [3.05, 3.63) is 53.6 Å². The first kappa shape index (κ1) is 16.4. The van der Waals surface area contributed by atoms with Crippen molar-refractivity contribution in [1.29, 1.82) is 0 Å². The maximum atomic E-state index is 5.40. The predicted octanol–water partition coefficient (Wildman–Crippen LogP) is 3.71. The smallest absolute Gasteiger partial charge is 0.123 e. The largest absolute Gasteiger partial charge is 0.497 e. The standard InChI is InChI=1S/C20H23NO3/c1-22-19-13-17(14-20(15-19)23-2)4-3-16-5-7-18(8-6-16)21-9-11-24-12-10-21/h3-8,13-15H,9-12H2,1-2H3/b4-3+. The summed E-state index contributed by atoms with van der Waals surface area (Å²) in [5.74, 6) is 1.58. The third-order valence-electron chi connectivity index (χ3n) is 4.11. The van der Waals surface area contributed by atoms with Gasteiger partial charge in [0, 0.05) is 24.8 Å². The van der Waals surface area contributed by atoms with Crippen LogP contribution in [0.25, 0.3) is 12.2 Å². The van der Waals surface area contributed by atoms with Gasteiger partial charge in [0.15, 0.2) is 0 Å². The molecule has 0 saturated carbocycles. The summed E-state index contributed by atoms with van der Waals surface area (Å²) < 4.78 is 16.0. The van der Waals surface area contributed by atoms with E-state index in [4.69, 9.17) is 14.2 Å². The van der Waals surface area contributed by atoms with Crippen LogP contribution in [-0.2, 0) is 4.74 Å². The van der Waals surface area contributed by atoms with Gasteiger partial charge in [0.2, 0.25) is 0 Å². The second-order valence-electron chi connectivity index (χ2n) is 5.67. The van der Waals surface area contributed by atoms with Crippen LogP contribution in [0.3, 0.4) is 0 Å². The number of nitrogens with zero attached hydrogens (tertiary/aromatic N) is 1. The molecule has 1 aliphatic heterocycles. The van der Waals surface area contributed by atoms with Crippen molar-refractivity contribution in [3.8, 4) is 11.5 Å². The molecule has 1 saturated heterocycles. The van der Waals surface area contributed by atoms with Crippen molar-refractivity contribution in [2.24, 2.45) is 0 Å². The topological polar surface area (TPSA) is 30.9 Å². The lowest BCUT2D eigenvalue weighted by molar-refractivity contribution is 0.122. The second-order valence-corrected chi connectivity index (χ2v) is 5.67. The average Bonchev–Trinajstić information content (AvgIpc) is 2.67. The molecule has 2 aromatic rings. The molecule has 2 aromatic carbocycles. The lowest BCUT2D eigenvalue weighted by Gasteiger charge is -2.28. The average molecular weight is 325 g/mol. The quantitative estimate of drug-likeness (QED) is 0.784. The van der Waals surface area contributed by atoms with E-state index in [2.05, 4.69) is 41.3 Å². The zero-order chi connectivity index (χ0) is 16.8. The first-order valence-electron chi connectivity index (χ1n) is 8.12. The van der Waals surface area contributed by atoms with Crippen molar-refractivity contribution < 1.29 is 14.2 Å². The van der Waals surface area contributed by atoms with Gasteiger partial charge in [-0.15, -0.1) is 0 Å². The predicted molar refractivity (Wildman–Crippen MR) is 97.9 cm³/mol. The number of ether oxygens (including phenoxy) is 3. The maximum absolute atomic E-state index is 5.40. The summed E-state index contributed by atoms with van der Waals surface area (Å²) >= 11 is 0. The Balaban J connectivity index is 1.72. The third kappa shape index (κ3) is 4.09. The molecule has 0 bridgehead atoms. The zero-order valence-electron chi connectivity index (χ0n) is 14.2. The molecule has 24 heavy (non-hydrogen) atoms. The van der Waals surface area contributed by atoms with Crippen LogP contribution in [0.5, 0.6) is 11.5 Å². The highest BCUT2D eigenvalue weighted by Gasteiger charge is 2.10. The molecule has 4 nitrogen and oxygen atoms in total. The molecule has 1 aliphatic rings. The lowest BCUT2D eigenvalue weighted by Crippen LogP contribution is -2.36. The summed E-state index contributed by atoms with van der Waals surface area (Å²) in [4.78, 5) is 2.35. The molecule has 0 unspecified atom stereocenters. The van der Waals surface area contributed by atoms with E-state index in [1.807, 2.05) is 18.2 Å². The molecular formula is C20H23NO3. The lowest BCUT2D eigenvalue weighted by atomic mass is 10.1. The van der Waals surface area contributed by atoms with Crippen molar-refractivity contribution in [2.75, 3.05) is 45.4 Å².